The summed E-state index contributed by atoms with van der Waals surface area (Å²) >= 11 is 5.72. The first kappa shape index (κ1) is 13.8. The van der Waals surface area contributed by atoms with E-state index >= 15 is 0 Å². The lowest BCUT2D eigenvalue weighted by Gasteiger charge is -2.15. The molecule has 0 amide bonds. The molecular weight excluding hydrogens is 272 g/mol. The molecule has 2 rings (SSSR count). The van der Waals surface area contributed by atoms with Gasteiger partial charge in [-0.1, -0.05) is 17.7 Å². The van der Waals surface area contributed by atoms with Crippen LogP contribution in [0.15, 0.2) is 28.7 Å². The number of hydrogen-bond acceptors (Lipinski definition) is 6. The van der Waals surface area contributed by atoms with Crippen LogP contribution in [0.2, 0.25) is 5.15 Å². The minimum atomic E-state index is -0.798. The van der Waals surface area contributed by atoms with E-state index < -0.39 is 5.03 Å². The molecule has 9 heteroatoms. The Balaban J connectivity index is 1.78. The molecule has 1 aliphatic heterocycles. The fourth-order valence-electron chi connectivity index (χ4n) is 1.88. The Morgan fingerprint density at radius 1 is 1.42 bits per heavy atom. The molecule has 0 unspecified atom stereocenters. The molecule has 1 aromatic heterocycles. The van der Waals surface area contributed by atoms with Gasteiger partial charge in [0.2, 0.25) is 6.67 Å². The summed E-state index contributed by atoms with van der Waals surface area (Å²) in [6.07, 6.45) is 1.75. The molecule has 0 N–H and O–H groups in total. The molecule has 8 nitrogen and oxygen atoms in total. The topological polar surface area (TPSA) is 87.2 Å². The lowest BCUT2D eigenvalue weighted by molar-refractivity contribution is -0.494. The molecule has 1 fully saturated rings. The Kier molecular flexibility index (Phi) is 4.72. The van der Waals surface area contributed by atoms with Crippen LogP contribution in [-0.2, 0) is 6.54 Å². The van der Waals surface area contributed by atoms with Gasteiger partial charge in [0.25, 0.3) is 0 Å². The van der Waals surface area contributed by atoms with E-state index in [4.69, 9.17) is 11.6 Å². The van der Waals surface area contributed by atoms with Crippen molar-refractivity contribution in [3.05, 3.63) is 39.2 Å². The Morgan fingerprint density at radius 3 is 2.89 bits per heavy atom. The van der Waals surface area contributed by atoms with E-state index in [1.165, 1.54) is 0 Å². The van der Waals surface area contributed by atoms with Crippen molar-refractivity contribution >= 4 is 11.6 Å². The van der Waals surface area contributed by atoms with Crippen LogP contribution in [-0.4, -0.2) is 46.2 Å². The largest absolute Gasteiger partial charge is 0.337 e. The third-order valence-corrected chi connectivity index (χ3v) is 2.95. The van der Waals surface area contributed by atoms with Crippen molar-refractivity contribution in [3.63, 3.8) is 0 Å². The number of nitro groups is 1. The maximum Gasteiger partial charge on any atom is 0.212 e. The third-order valence-electron chi connectivity index (χ3n) is 2.73. The van der Waals surface area contributed by atoms with E-state index in [0.717, 1.165) is 25.2 Å². The van der Waals surface area contributed by atoms with Gasteiger partial charge in [0.15, 0.2) is 5.22 Å². The molecule has 0 aliphatic carbocycles. The average Bonchev–Trinajstić information content (AvgIpc) is 2.79. The lowest BCUT2D eigenvalue weighted by Crippen LogP contribution is -2.25. The summed E-state index contributed by atoms with van der Waals surface area (Å²) in [5, 5.41) is 16.1. The molecule has 1 aromatic rings. The van der Waals surface area contributed by atoms with Gasteiger partial charge in [0.05, 0.1) is 16.8 Å². The van der Waals surface area contributed by atoms with Crippen LogP contribution in [0, 0.1) is 10.1 Å². The molecule has 2 heterocycles. The summed E-state index contributed by atoms with van der Waals surface area (Å²) in [7, 11) is 0. The molecule has 1 aliphatic rings. The van der Waals surface area contributed by atoms with Crippen LogP contribution < -0.4 is 0 Å². The van der Waals surface area contributed by atoms with Crippen molar-refractivity contribution in [2.75, 3.05) is 26.4 Å². The first-order valence-electron chi connectivity index (χ1n) is 5.70. The van der Waals surface area contributed by atoms with E-state index in [0.29, 0.717) is 11.8 Å². The summed E-state index contributed by atoms with van der Waals surface area (Å²) in [6, 6.07) is 3.69. The monoisotopic (exact) mass is 284 g/mol. The molecular formula is C10H13ClN6O2. The second kappa shape index (κ2) is 6.50. The average molecular weight is 285 g/mol. The highest BCUT2D eigenvalue weighted by molar-refractivity contribution is 6.29. The Morgan fingerprint density at radius 2 is 2.21 bits per heavy atom. The number of aromatic nitrogens is 1. The van der Waals surface area contributed by atoms with E-state index in [9.17, 15) is 10.1 Å². The van der Waals surface area contributed by atoms with Crippen LogP contribution in [0.4, 0.5) is 0 Å². The number of nitrogens with zero attached hydrogens (tertiary/aromatic N) is 6. The van der Waals surface area contributed by atoms with E-state index in [2.05, 4.69) is 20.2 Å². The van der Waals surface area contributed by atoms with Crippen LogP contribution in [0.25, 0.3) is 0 Å². The minimum absolute atomic E-state index is 0.246. The predicted octanol–water partition coefficient (Wildman–Crippen LogP) is 1.41. The molecule has 0 atom stereocenters. The molecule has 0 bridgehead atoms. The molecule has 1 saturated heterocycles. The fourth-order valence-corrected chi connectivity index (χ4v) is 1.99. The van der Waals surface area contributed by atoms with Gasteiger partial charge in [-0.15, -0.1) is 0 Å². The first-order valence-corrected chi connectivity index (χ1v) is 6.08. The van der Waals surface area contributed by atoms with Gasteiger partial charge in [-0.05, 0) is 11.6 Å². The Bertz CT molecular complexity index is 466. The highest BCUT2D eigenvalue weighted by Crippen LogP contribution is 2.11. The maximum atomic E-state index is 10.0. The van der Waals surface area contributed by atoms with Crippen molar-refractivity contribution in [2.45, 2.75) is 6.54 Å². The van der Waals surface area contributed by atoms with Crippen molar-refractivity contribution in [2.24, 2.45) is 10.3 Å². The number of hydrogen-bond donors (Lipinski definition) is 0. The molecule has 0 radical (unpaired) electrons. The maximum absolute atomic E-state index is 10.0. The van der Waals surface area contributed by atoms with E-state index in [1.807, 2.05) is 11.0 Å². The number of rotatable bonds is 5. The molecule has 0 saturated carbocycles. The number of pyridine rings is 1. The Labute approximate surface area is 114 Å². The second-order valence-corrected chi connectivity index (χ2v) is 4.57. The van der Waals surface area contributed by atoms with Crippen molar-refractivity contribution in [3.8, 4) is 0 Å². The number of halogens is 1. The van der Waals surface area contributed by atoms with Crippen molar-refractivity contribution < 1.29 is 5.03 Å². The summed E-state index contributed by atoms with van der Waals surface area (Å²) < 4.78 is 0. The normalized spacial score (nSPS) is 17.3. The van der Waals surface area contributed by atoms with Gasteiger partial charge in [-0.25, -0.2) is 9.88 Å². The summed E-state index contributed by atoms with van der Waals surface area (Å²) in [6.45, 7) is 3.43. The highest BCUT2D eigenvalue weighted by Gasteiger charge is 2.21. The zero-order valence-corrected chi connectivity index (χ0v) is 10.9. The van der Waals surface area contributed by atoms with E-state index in [-0.39, 0.29) is 6.67 Å². The van der Waals surface area contributed by atoms with Gasteiger partial charge in [-0.2, -0.15) is 0 Å². The van der Waals surface area contributed by atoms with E-state index in [1.54, 1.807) is 12.3 Å². The Hall–Kier alpha value is -1.64. The molecule has 0 spiro atoms. The SMILES string of the molecule is O=[N+]([O-])/N=N/CN1CCN(Cc2ccc(Cl)nc2)C1. The summed E-state index contributed by atoms with van der Waals surface area (Å²) in [4.78, 5) is 18.2. The van der Waals surface area contributed by atoms with Gasteiger partial charge < -0.3 is 10.1 Å². The fraction of sp³-hybridized carbons (Fsp3) is 0.500. The third kappa shape index (κ3) is 4.51. The zero-order valence-electron chi connectivity index (χ0n) is 10.1. The van der Waals surface area contributed by atoms with Crippen molar-refractivity contribution in [1.82, 2.24) is 14.8 Å². The molecule has 102 valence electrons. The smallest absolute Gasteiger partial charge is 0.212 e. The molecule has 0 aromatic carbocycles. The summed E-state index contributed by atoms with van der Waals surface area (Å²) in [5.74, 6) is 0. The summed E-state index contributed by atoms with van der Waals surface area (Å²) in [5.41, 5.74) is 1.08. The van der Waals surface area contributed by atoms with Crippen LogP contribution in [0.3, 0.4) is 0 Å². The quantitative estimate of drug-likeness (QED) is 0.353. The second-order valence-electron chi connectivity index (χ2n) is 4.19. The van der Waals surface area contributed by atoms with Crippen LogP contribution in [0.5, 0.6) is 0 Å². The van der Waals surface area contributed by atoms with Crippen LogP contribution in [0.1, 0.15) is 5.56 Å². The standard InChI is InChI=1S/C10H13ClN6O2/c11-10-2-1-9(5-12-10)6-15-3-4-16(8-15)7-13-14-17(18)19/h1-2,5H,3-4,6-8H2/b14-13+. The van der Waals surface area contributed by atoms with Gasteiger partial charge in [0.1, 0.15) is 5.15 Å². The predicted molar refractivity (Wildman–Crippen MR) is 67.9 cm³/mol. The molecule has 19 heavy (non-hydrogen) atoms. The van der Waals surface area contributed by atoms with Crippen LogP contribution >= 0.6 is 11.6 Å². The minimum Gasteiger partial charge on any atom is -0.337 e. The zero-order chi connectivity index (χ0) is 13.7. The van der Waals surface area contributed by atoms with Gasteiger partial charge in [0, 0.05) is 25.8 Å². The lowest BCUT2D eigenvalue weighted by atomic mass is 10.3. The van der Waals surface area contributed by atoms with Gasteiger partial charge >= 0.3 is 0 Å². The first-order chi connectivity index (χ1) is 9.13. The highest BCUT2D eigenvalue weighted by atomic mass is 35.5. The van der Waals surface area contributed by atoms with Crippen molar-refractivity contribution in [1.29, 1.82) is 0 Å². The van der Waals surface area contributed by atoms with Gasteiger partial charge in [-0.3, -0.25) is 4.90 Å².